The van der Waals surface area contributed by atoms with Crippen molar-refractivity contribution in [1.82, 2.24) is 0 Å². The minimum absolute atomic E-state index is 0.0503. The fraction of sp³-hybridized carbons (Fsp3) is 0.250. The summed E-state index contributed by atoms with van der Waals surface area (Å²) >= 11 is 3.42. The van der Waals surface area contributed by atoms with Crippen molar-refractivity contribution in [2.24, 2.45) is 0 Å². The zero-order chi connectivity index (χ0) is 20.0. The molecular weight excluding hydrogens is 430 g/mol. The molecule has 0 saturated heterocycles. The van der Waals surface area contributed by atoms with Gasteiger partial charge >= 0.3 is 0 Å². The van der Waals surface area contributed by atoms with E-state index in [-0.39, 0.29) is 15.9 Å². The Bertz CT molecular complexity index is 977. The highest BCUT2D eigenvalue weighted by Crippen LogP contribution is 2.36. The van der Waals surface area contributed by atoms with Gasteiger partial charge in [-0.05, 0) is 56.7 Å². The van der Waals surface area contributed by atoms with Crippen LogP contribution in [-0.2, 0) is 9.84 Å². The highest BCUT2D eigenvalue weighted by Gasteiger charge is 2.21. The molecule has 0 heterocycles. The van der Waals surface area contributed by atoms with Crippen molar-refractivity contribution < 1.29 is 17.9 Å². The molecule has 0 fully saturated rings. The van der Waals surface area contributed by atoms with Crippen LogP contribution < -0.4 is 9.47 Å². The summed E-state index contributed by atoms with van der Waals surface area (Å²) in [5.74, 6) is 1.02. The maximum absolute atomic E-state index is 12.7. The van der Waals surface area contributed by atoms with Gasteiger partial charge in [0.15, 0.2) is 11.5 Å². The highest BCUT2D eigenvalue weighted by molar-refractivity contribution is 9.10. The fourth-order valence-corrected chi connectivity index (χ4v) is 3.92. The van der Waals surface area contributed by atoms with Crippen LogP contribution in [0.5, 0.6) is 11.5 Å². The molecule has 2 aromatic rings. The van der Waals surface area contributed by atoms with Crippen LogP contribution >= 0.6 is 15.9 Å². The van der Waals surface area contributed by atoms with Crippen LogP contribution in [0.25, 0.3) is 6.08 Å². The van der Waals surface area contributed by atoms with Crippen LogP contribution in [0, 0.1) is 11.3 Å². The first-order chi connectivity index (χ1) is 12.8. The summed E-state index contributed by atoms with van der Waals surface area (Å²) in [6, 6.07) is 13.0. The number of benzene rings is 2. The molecule has 142 valence electrons. The second-order valence-corrected chi connectivity index (χ2v) is 8.63. The Labute approximate surface area is 168 Å². The molecule has 0 aliphatic heterocycles. The van der Waals surface area contributed by atoms with E-state index in [1.807, 2.05) is 20.8 Å². The van der Waals surface area contributed by atoms with Gasteiger partial charge in [0.25, 0.3) is 0 Å². The summed E-state index contributed by atoms with van der Waals surface area (Å²) in [5, 5.41) is 9.45. The molecule has 0 N–H and O–H groups in total. The van der Waals surface area contributed by atoms with E-state index in [0.717, 1.165) is 0 Å². The Kier molecular flexibility index (Phi) is 7.05. The van der Waals surface area contributed by atoms with Gasteiger partial charge in [0.05, 0.1) is 17.6 Å². The number of sulfone groups is 1. The monoisotopic (exact) mass is 449 g/mol. The van der Waals surface area contributed by atoms with Crippen LogP contribution in [0.15, 0.2) is 56.7 Å². The van der Waals surface area contributed by atoms with Gasteiger partial charge in [-0.25, -0.2) is 8.42 Å². The second kappa shape index (κ2) is 9.07. The van der Waals surface area contributed by atoms with E-state index in [2.05, 4.69) is 15.9 Å². The lowest BCUT2D eigenvalue weighted by Gasteiger charge is -2.16. The molecule has 0 saturated carbocycles. The van der Waals surface area contributed by atoms with Gasteiger partial charge in [0, 0.05) is 4.47 Å². The molecule has 0 unspecified atom stereocenters. The first kappa shape index (κ1) is 21.0. The van der Waals surface area contributed by atoms with Gasteiger partial charge in [-0.15, -0.1) is 0 Å². The van der Waals surface area contributed by atoms with Gasteiger partial charge in [-0.1, -0.05) is 34.1 Å². The SMILES string of the molecule is CCOc1cc(C=C(C#N)S(=O)(=O)c2ccccc2)c(Br)cc1OC(C)C. The van der Waals surface area contributed by atoms with Crippen molar-refractivity contribution in [3.63, 3.8) is 0 Å². The van der Waals surface area contributed by atoms with Crippen LogP contribution in [0.1, 0.15) is 26.3 Å². The molecule has 0 amide bonds. The van der Waals surface area contributed by atoms with E-state index in [4.69, 9.17) is 9.47 Å². The third-order valence-corrected chi connectivity index (χ3v) is 5.83. The number of hydrogen-bond donors (Lipinski definition) is 0. The van der Waals surface area contributed by atoms with Crippen molar-refractivity contribution in [1.29, 1.82) is 5.26 Å². The number of allylic oxidation sites excluding steroid dienone is 1. The highest BCUT2D eigenvalue weighted by atomic mass is 79.9. The van der Waals surface area contributed by atoms with Crippen LogP contribution in [0.3, 0.4) is 0 Å². The zero-order valence-corrected chi connectivity index (χ0v) is 17.7. The Balaban J connectivity index is 2.56. The minimum Gasteiger partial charge on any atom is -0.490 e. The van der Waals surface area contributed by atoms with E-state index < -0.39 is 9.84 Å². The van der Waals surface area contributed by atoms with E-state index in [1.54, 1.807) is 36.4 Å². The summed E-state index contributed by atoms with van der Waals surface area (Å²) in [7, 11) is -3.91. The Morgan fingerprint density at radius 3 is 2.44 bits per heavy atom. The first-order valence-corrected chi connectivity index (χ1v) is 10.6. The second-order valence-electron chi connectivity index (χ2n) is 5.86. The molecule has 7 heteroatoms. The average Bonchev–Trinajstić information content (AvgIpc) is 2.63. The van der Waals surface area contributed by atoms with Crippen molar-refractivity contribution >= 4 is 31.8 Å². The number of nitriles is 1. The van der Waals surface area contributed by atoms with Crippen LogP contribution in [-0.4, -0.2) is 21.1 Å². The van der Waals surface area contributed by atoms with E-state index >= 15 is 0 Å². The van der Waals surface area contributed by atoms with Gasteiger partial charge in [-0.3, -0.25) is 0 Å². The summed E-state index contributed by atoms with van der Waals surface area (Å²) in [6.07, 6.45) is 1.28. The number of nitrogens with zero attached hydrogens (tertiary/aromatic N) is 1. The van der Waals surface area contributed by atoms with Crippen LogP contribution in [0.4, 0.5) is 0 Å². The average molecular weight is 450 g/mol. The van der Waals surface area contributed by atoms with Crippen molar-refractivity contribution in [2.45, 2.75) is 31.8 Å². The molecule has 2 aromatic carbocycles. The minimum atomic E-state index is -3.91. The van der Waals surface area contributed by atoms with Gasteiger partial charge in [0.1, 0.15) is 11.0 Å². The van der Waals surface area contributed by atoms with E-state index in [1.165, 1.54) is 18.2 Å². The lowest BCUT2D eigenvalue weighted by atomic mass is 10.2. The lowest BCUT2D eigenvalue weighted by molar-refractivity contribution is 0.223. The number of halogens is 1. The maximum Gasteiger partial charge on any atom is 0.216 e. The fourth-order valence-electron chi connectivity index (χ4n) is 2.31. The molecular formula is C20H20BrNO4S. The molecule has 0 aromatic heterocycles. The number of hydrogen-bond acceptors (Lipinski definition) is 5. The molecule has 0 aliphatic rings. The number of ether oxygens (including phenoxy) is 2. The normalized spacial score (nSPS) is 11.9. The molecule has 0 bridgehead atoms. The molecule has 0 aliphatic carbocycles. The first-order valence-electron chi connectivity index (χ1n) is 8.34. The molecule has 0 spiro atoms. The van der Waals surface area contributed by atoms with E-state index in [0.29, 0.717) is 28.1 Å². The Morgan fingerprint density at radius 1 is 1.22 bits per heavy atom. The molecule has 0 radical (unpaired) electrons. The summed E-state index contributed by atoms with van der Waals surface area (Å²) in [6.45, 7) is 6.07. The maximum atomic E-state index is 12.7. The number of rotatable bonds is 7. The third-order valence-electron chi connectivity index (χ3n) is 3.47. The predicted octanol–water partition coefficient (Wildman–Crippen LogP) is 4.97. The Morgan fingerprint density at radius 2 is 1.89 bits per heavy atom. The molecule has 2 rings (SSSR count). The molecule has 0 atom stereocenters. The predicted molar refractivity (Wildman–Crippen MR) is 108 cm³/mol. The van der Waals surface area contributed by atoms with Crippen LogP contribution in [0.2, 0.25) is 0 Å². The standard InChI is InChI=1S/C20H20BrNO4S/c1-4-25-19-11-15(18(21)12-20(19)26-14(2)3)10-17(13-22)27(23,24)16-8-6-5-7-9-16/h5-12,14H,4H2,1-3H3. The largest absolute Gasteiger partial charge is 0.490 e. The quantitative estimate of drug-likeness (QED) is 0.557. The van der Waals surface area contributed by atoms with Gasteiger partial charge in [-0.2, -0.15) is 5.26 Å². The van der Waals surface area contributed by atoms with Crippen molar-refractivity contribution in [3.05, 3.63) is 57.4 Å². The molecule has 27 heavy (non-hydrogen) atoms. The van der Waals surface area contributed by atoms with Gasteiger partial charge < -0.3 is 9.47 Å². The zero-order valence-electron chi connectivity index (χ0n) is 15.3. The topological polar surface area (TPSA) is 76.4 Å². The molecule has 5 nitrogen and oxygen atoms in total. The van der Waals surface area contributed by atoms with Crippen molar-refractivity contribution in [2.75, 3.05) is 6.61 Å². The third kappa shape index (κ3) is 5.12. The van der Waals surface area contributed by atoms with Crippen molar-refractivity contribution in [3.8, 4) is 17.6 Å². The summed E-state index contributed by atoms with van der Waals surface area (Å²) < 4.78 is 37.4. The van der Waals surface area contributed by atoms with Gasteiger partial charge in [0.2, 0.25) is 9.84 Å². The lowest BCUT2D eigenvalue weighted by Crippen LogP contribution is -2.08. The summed E-state index contributed by atoms with van der Waals surface area (Å²) in [5.41, 5.74) is 0.505. The smallest absolute Gasteiger partial charge is 0.216 e. The Hall–Kier alpha value is -2.30. The van der Waals surface area contributed by atoms with E-state index in [9.17, 15) is 13.7 Å². The summed E-state index contributed by atoms with van der Waals surface area (Å²) in [4.78, 5) is -0.284.